The second-order valence-corrected chi connectivity index (χ2v) is 11.9. The number of aliphatic hydroxyl groups excluding tert-OH is 1. The fourth-order valence-corrected chi connectivity index (χ4v) is 5.57. The topological polar surface area (TPSA) is 98.7 Å². The van der Waals surface area contributed by atoms with Crippen LogP contribution in [0.4, 0.5) is 0 Å². The predicted octanol–water partition coefficient (Wildman–Crippen LogP) is 3.31. The summed E-state index contributed by atoms with van der Waals surface area (Å²) >= 11 is 3.46. The molecular formula is C24H42BrN3O4S. The van der Waals surface area contributed by atoms with Crippen LogP contribution >= 0.6 is 15.9 Å². The fourth-order valence-electron chi connectivity index (χ4n) is 3.50. The standard InChI is InChI=1S/C24H42BrN3O4S/c1-5-13-28(14-6-2)33(31,32)15-11-24(30)27-22(17-20-8-7-9-21(25)16-20)23(29)18-26-12-10-19(3)4/h7-9,16,19,22-23,26,29H,5-6,10-15,17-18H2,1-4H3,(H,27,30)/t22-,23+/m0/s1. The summed E-state index contributed by atoms with van der Waals surface area (Å²) in [5.74, 6) is -0.0352. The minimum Gasteiger partial charge on any atom is -0.390 e. The van der Waals surface area contributed by atoms with Crippen LogP contribution in [0.2, 0.25) is 0 Å². The van der Waals surface area contributed by atoms with Crippen molar-refractivity contribution in [3.63, 3.8) is 0 Å². The van der Waals surface area contributed by atoms with Crippen LogP contribution in [0.1, 0.15) is 58.9 Å². The van der Waals surface area contributed by atoms with Crippen LogP contribution in [0.3, 0.4) is 0 Å². The smallest absolute Gasteiger partial charge is 0.221 e. The van der Waals surface area contributed by atoms with Gasteiger partial charge in [0.05, 0.1) is 17.9 Å². The first-order chi connectivity index (χ1) is 15.6. The first-order valence-electron chi connectivity index (χ1n) is 12.0. The van der Waals surface area contributed by atoms with E-state index in [-0.39, 0.29) is 18.1 Å². The normalized spacial score (nSPS) is 13.9. The van der Waals surface area contributed by atoms with E-state index in [4.69, 9.17) is 0 Å². The molecule has 0 heterocycles. The number of carbonyl (C=O) groups is 1. The number of hydrogen-bond acceptors (Lipinski definition) is 5. The summed E-state index contributed by atoms with van der Waals surface area (Å²) < 4.78 is 27.7. The largest absolute Gasteiger partial charge is 0.390 e. The highest BCUT2D eigenvalue weighted by Gasteiger charge is 2.25. The number of carbonyl (C=O) groups excluding carboxylic acids is 1. The van der Waals surface area contributed by atoms with Gasteiger partial charge in [0.1, 0.15) is 0 Å². The van der Waals surface area contributed by atoms with Crippen LogP contribution in [-0.4, -0.2) is 67.8 Å². The first kappa shape index (κ1) is 30.0. The molecule has 0 aliphatic carbocycles. The monoisotopic (exact) mass is 547 g/mol. The lowest BCUT2D eigenvalue weighted by Crippen LogP contribution is -2.49. The van der Waals surface area contributed by atoms with E-state index in [0.29, 0.717) is 32.0 Å². The number of aliphatic hydroxyl groups is 1. The molecule has 190 valence electrons. The van der Waals surface area contributed by atoms with E-state index < -0.39 is 22.2 Å². The molecule has 1 rings (SSSR count). The molecule has 2 atom stereocenters. The minimum atomic E-state index is -3.50. The van der Waals surface area contributed by atoms with Crippen molar-refractivity contribution >= 4 is 31.9 Å². The molecule has 0 aliphatic rings. The molecule has 3 N–H and O–H groups in total. The average Bonchev–Trinajstić information content (AvgIpc) is 2.74. The molecule has 0 radical (unpaired) electrons. The quantitative estimate of drug-likeness (QED) is 0.260. The van der Waals surface area contributed by atoms with Crippen LogP contribution in [0.5, 0.6) is 0 Å². The molecule has 1 aromatic carbocycles. The molecule has 33 heavy (non-hydrogen) atoms. The number of nitrogens with zero attached hydrogens (tertiary/aromatic N) is 1. The van der Waals surface area contributed by atoms with E-state index in [1.807, 2.05) is 38.1 Å². The van der Waals surface area contributed by atoms with E-state index in [9.17, 15) is 18.3 Å². The second kappa shape index (κ2) is 15.8. The van der Waals surface area contributed by atoms with Gasteiger partial charge < -0.3 is 15.7 Å². The summed E-state index contributed by atoms with van der Waals surface area (Å²) in [6.07, 6.45) is 1.98. The van der Waals surface area contributed by atoms with E-state index in [2.05, 4.69) is 40.4 Å². The van der Waals surface area contributed by atoms with Crippen LogP contribution in [0.25, 0.3) is 0 Å². The molecule has 1 amide bonds. The Balaban J connectivity index is 2.78. The second-order valence-electron chi connectivity index (χ2n) is 8.93. The molecule has 9 heteroatoms. The molecule has 7 nitrogen and oxygen atoms in total. The molecule has 0 aromatic heterocycles. The summed E-state index contributed by atoms with van der Waals surface area (Å²) in [4.78, 5) is 12.7. The highest BCUT2D eigenvalue weighted by atomic mass is 79.9. The van der Waals surface area contributed by atoms with Crippen LogP contribution in [0.15, 0.2) is 28.7 Å². The lowest BCUT2D eigenvalue weighted by molar-refractivity contribution is -0.122. The Morgan fingerprint density at radius 1 is 1.18 bits per heavy atom. The fraction of sp³-hybridized carbons (Fsp3) is 0.708. The van der Waals surface area contributed by atoms with Gasteiger partial charge in [-0.2, -0.15) is 0 Å². The SMILES string of the molecule is CCCN(CCC)S(=O)(=O)CCC(=O)N[C@@H](Cc1cccc(Br)c1)[C@H](O)CNCCC(C)C. The minimum absolute atomic E-state index is 0.130. The van der Waals surface area contributed by atoms with Crippen molar-refractivity contribution in [2.75, 3.05) is 31.9 Å². The molecule has 0 fully saturated rings. The summed E-state index contributed by atoms with van der Waals surface area (Å²) in [5.41, 5.74) is 0.973. The van der Waals surface area contributed by atoms with Crippen molar-refractivity contribution < 1.29 is 18.3 Å². The van der Waals surface area contributed by atoms with Gasteiger partial charge in [-0.05, 0) is 55.8 Å². The number of benzene rings is 1. The highest BCUT2D eigenvalue weighted by Crippen LogP contribution is 2.15. The Labute approximate surface area is 208 Å². The third-order valence-electron chi connectivity index (χ3n) is 5.33. The number of nitrogens with one attached hydrogen (secondary N) is 2. The number of amides is 1. The van der Waals surface area contributed by atoms with E-state index in [1.54, 1.807) is 0 Å². The van der Waals surface area contributed by atoms with Crippen LogP contribution < -0.4 is 10.6 Å². The third kappa shape index (κ3) is 12.3. The van der Waals surface area contributed by atoms with Gasteiger partial charge >= 0.3 is 0 Å². The summed E-state index contributed by atoms with van der Waals surface area (Å²) in [5, 5.41) is 16.9. The third-order valence-corrected chi connectivity index (χ3v) is 7.70. The van der Waals surface area contributed by atoms with Gasteiger partial charge in [-0.15, -0.1) is 0 Å². The first-order valence-corrected chi connectivity index (χ1v) is 14.4. The summed E-state index contributed by atoms with van der Waals surface area (Å²) in [7, 11) is -3.50. The molecule has 0 unspecified atom stereocenters. The number of rotatable bonds is 17. The Morgan fingerprint density at radius 2 is 1.85 bits per heavy atom. The van der Waals surface area contributed by atoms with Gasteiger partial charge in [0.2, 0.25) is 15.9 Å². The van der Waals surface area contributed by atoms with E-state index in [1.165, 1.54) is 4.31 Å². The maximum absolute atomic E-state index is 12.7. The zero-order chi connectivity index (χ0) is 24.9. The number of sulfonamides is 1. The van der Waals surface area contributed by atoms with Crippen LogP contribution in [0, 0.1) is 5.92 Å². The predicted molar refractivity (Wildman–Crippen MR) is 139 cm³/mol. The van der Waals surface area contributed by atoms with Gasteiger partial charge in [-0.3, -0.25) is 4.79 Å². The van der Waals surface area contributed by atoms with Crippen molar-refractivity contribution in [2.24, 2.45) is 5.92 Å². The Hall–Kier alpha value is -1.00. The zero-order valence-corrected chi connectivity index (χ0v) is 22.9. The maximum Gasteiger partial charge on any atom is 0.221 e. The van der Waals surface area contributed by atoms with Gasteiger partial charge in [-0.1, -0.05) is 55.8 Å². The average molecular weight is 549 g/mol. The summed E-state index contributed by atoms with van der Waals surface area (Å²) in [6.45, 7) is 10.2. The molecule has 0 spiro atoms. The van der Waals surface area contributed by atoms with Crippen molar-refractivity contribution in [1.82, 2.24) is 14.9 Å². The molecule has 0 bridgehead atoms. The summed E-state index contributed by atoms with van der Waals surface area (Å²) in [6, 6.07) is 7.21. The lowest BCUT2D eigenvalue weighted by Gasteiger charge is -2.25. The van der Waals surface area contributed by atoms with E-state index in [0.717, 1.165) is 35.8 Å². The van der Waals surface area contributed by atoms with Gasteiger partial charge in [-0.25, -0.2) is 12.7 Å². The van der Waals surface area contributed by atoms with Crippen molar-refractivity contribution in [1.29, 1.82) is 0 Å². The van der Waals surface area contributed by atoms with Gasteiger partial charge in [0.25, 0.3) is 0 Å². The molecular weight excluding hydrogens is 506 g/mol. The Bertz CT molecular complexity index is 799. The van der Waals surface area contributed by atoms with Gasteiger partial charge in [0.15, 0.2) is 0 Å². The Morgan fingerprint density at radius 3 is 2.42 bits per heavy atom. The number of hydrogen-bond donors (Lipinski definition) is 3. The maximum atomic E-state index is 12.7. The Kier molecular flexibility index (Phi) is 14.4. The molecule has 1 aromatic rings. The van der Waals surface area contributed by atoms with E-state index >= 15 is 0 Å². The lowest BCUT2D eigenvalue weighted by atomic mass is 10.0. The van der Waals surface area contributed by atoms with Gasteiger partial charge in [0, 0.05) is 30.5 Å². The van der Waals surface area contributed by atoms with Crippen molar-refractivity contribution in [3.05, 3.63) is 34.3 Å². The highest BCUT2D eigenvalue weighted by molar-refractivity contribution is 9.10. The molecule has 0 saturated carbocycles. The zero-order valence-electron chi connectivity index (χ0n) is 20.5. The van der Waals surface area contributed by atoms with Crippen molar-refractivity contribution in [3.8, 4) is 0 Å². The van der Waals surface area contributed by atoms with Crippen molar-refractivity contribution in [2.45, 2.75) is 71.9 Å². The molecule has 0 aliphatic heterocycles. The van der Waals surface area contributed by atoms with Crippen LogP contribution in [-0.2, 0) is 21.2 Å². The number of halogens is 1. The molecule has 0 saturated heterocycles.